The van der Waals surface area contributed by atoms with Gasteiger partial charge in [-0.15, -0.1) is 0 Å². The van der Waals surface area contributed by atoms with Crippen molar-refractivity contribution < 1.29 is 13.2 Å². The predicted octanol–water partition coefficient (Wildman–Crippen LogP) is 0.0705. The number of hydrazine groups is 1. The molecule has 1 aromatic rings. The second kappa shape index (κ2) is 6.64. The molecule has 1 rings (SSSR count). The number of nitrogen functional groups attached to an aromatic ring is 1. The van der Waals surface area contributed by atoms with Gasteiger partial charge in [-0.25, -0.2) is 24.0 Å². The van der Waals surface area contributed by atoms with Crippen molar-refractivity contribution in [3.8, 4) is 0 Å². The van der Waals surface area contributed by atoms with Gasteiger partial charge in [-0.1, -0.05) is 0 Å². The fourth-order valence-corrected chi connectivity index (χ4v) is 2.24. The molecule has 0 fully saturated rings. The summed E-state index contributed by atoms with van der Waals surface area (Å²) >= 11 is 0. The molecule has 0 radical (unpaired) electrons. The van der Waals surface area contributed by atoms with Gasteiger partial charge >= 0.3 is 0 Å². The molecule has 0 saturated carbocycles. The van der Waals surface area contributed by atoms with Crippen molar-refractivity contribution in [2.24, 2.45) is 5.84 Å². The lowest BCUT2D eigenvalue weighted by Gasteiger charge is -2.09. The molecule has 0 saturated heterocycles. The van der Waals surface area contributed by atoms with E-state index in [1.807, 2.05) is 13.8 Å². The lowest BCUT2D eigenvalue weighted by atomic mass is 10.5. The number of sulfonamides is 1. The number of rotatable bonds is 7. The van der Waals surface area contributed by atoms with Crippen LogP contribution < -0.4 is 16.0 Å². The number of nitrogens with zero attached hydrogens (tertiary/aromatic N) is 1. The monoisotopic (exact) mass is 274 g/mol. The summed E-state index contributed by atoms with van der Waals surface area (Å²) in [7, 11) is -3.56. The maximum Gasteiger partial charge on any atom is 0.240 e. The lowest BCUT2D eigenvalue weighted by Crippen LogP contribution is -2.28. The van der Waals surface area contributed by atoms with Crippen LogP contribution in [0.5, 0.6) is 0 Å². The summed E-state index contributed by atoms with van der Waals surface area (Å²) < 4.78 is 31.4. The van der Waals surface area contributed by atoms with E-state index in [0.29, 0.717) is 6.61 Å². The molecule has 0 aromatic carbocycles. The Morgan fingerprint density at radius 1 is 1.50 bits per heavy atom. The maximum absolute atomic E-state index is 11.9. The van der Waals surface area contributed by atoms with Gasteiger partial charge in [0.05, 0.1) is 17.6 Å². The average molecular weight is 274 g/mol. The molecule has 1 aromatic heterocycles. The Kier molecular flexibility index (Phi) is 5.48. The maximum atomic E-state index is 11.9. The fraction of sp³-hybridized carbons (Fsp3) is 0.500. The van der Waals surface area contributed by atoms with E-state index in [4.69, 9.17) is 10.6 Å². The molecule has 102 valence electrons. The van der Waals surface area contributed by atoms with Gasteiger partial charge < -0.3 is 10.2 Å². The number of ether oxygens (including phenoxy) is 1. The van der Waals surface area contributed by atoms with E-state index in [1.165, 1.54) is 18.3 Å². The van der Waals surface area contributed by atoms with Gasteiger partial charge in [-0.05, 0) is 19.9 Å². The van der Waals surface area contributed by atoms with E-state index in [1.54, 1.807) is 0 Å². The third kappa shape index (κ3) is 4.57. The number of pyridine rings is 1. The first-order chi connectivity index (χ1) is 8.45. The summed E-state index contributed by atoms with van der Waals surface area (Å²) in [5, 5.41) is 0. The van der Waals surface area contributed by atoms with Crippen molar-refractivity contribution in [1.82, 2.24) is 9.71 Å². The minimum absolute atomic E-state index is 0.0727. The highest BCUT2D eigenvalue weighted by molar-refractivity contribution is 7.89. The summed E-state index contributed by atoms with van der Waals surface area (Å²) in [5.41, 5.74) is 2.29. The Bertz CT molecular complexity index is 476. The largest absolute Gasteiger partial charge is 0.377 e. The molecule has 0 aliphatic heterocycles. The quantitative estimate of drug-likeness (QED) is 0.369. The number of hydrogen-bond donors (Lipinski definition) is 3. The van der Waals surface area contributed by atoms with Crippen LogP contribution in [0.4, 0.5) is 5.82 Å². The number of nitrogens with two attached hydrogens (primary N) is 1. The molecular formula is C10H18N4O3S. The Morgan fingerprint density at radius 2 is 2.22 bits per heavy atom. The van der Waals surface area contributed by atoms with E-state index in [2.05, 4.69) is 15.1 Å². The molecule has 8 heteroatoms. The molecule has 0 aliphatic carbocycles. The smallest absolute Gasteiger partial charge is 0.240 e. The normalized spacial score (nSPS) is 11.8. The van der Waals surface area contributed by atoms with Gasteiger partial charge in [0.25, 0.3) is 0 Å². The van der Waals surface area contributed by atoms with E-state index < -0.39 is 10.0 Å². The zero-order chi connectivity index (χ0) is 13.6. The number of anilines is 1. The molecule has 1 heterocycles. The minimum atomic E-state index is -3.56. The standard InChI is InChI=1S/C10H18N4O3S/c1-8(2)17-6-5-13-18(15,16)9-3-4-12-10(7-9)14-11/h3-4,7-8,13H,5-6,11H2,1-2H3,(H,12,14). The highest BCUT2D eigenvalue weighted by Gasteiger charge is 2.14. The van der Waals surface area contributed by atoms with Crippen LogP contribution in [0, 0.1) is 0 Å². The van der Waals surface area contributed by atoms with Gasteiger partial charge in [0.15, 0.2) is 0 Å². The van der Waals surface area contributed by atoms with Crippen LogP contribution in [0.25, 0.3) is 0 Å². The van der Waals surface area contributed by atoms with Crippen molar-refractivity contribution in [2.45, 2.75) is 24.8 Å². The fourth-order valence-electron chi connectivity index (χ4n) is 1.21. The number of nitrogens with one attached hydrogen (secondary N) is 2. The molecule has 0 spiro atoms. The molecule has 0 amide bonds. The summed E-state index contributed by atoms with van der Waals surface area (Å²) in [4.78, 5) is 3.94. The van der Waals surface area contributed by atoms with Crippen molar-refractivity contribution in [2.75, 3.05) is 18.6 Å². The summed E-state index contributed by atoms with van der Waals surface area (Å²) in [6.07, 6.45) is 1.44. The molecule has 0 aliphatic rings. The highest BCUT2D eigenvalue weighted by atomic mass is 32.2. The van der Waals surface area contributed by atoms with E-state index >= 15 is 0 Å². The second-order valence-electron chi connectivity index (χ2n) is 3.84. The first-order valence-corrected chi connectivity index (χ1v) is 6.98. The van der Waals surface area contributed by atoms with E-state index in [-0.39, 0.29) is 23.4 Å². The van der Waals surface area contributed by atoms with Crippen LogP contribution in [0.15, 0.2) is 23.2 Å². The molecular weight excluding hydrogens is 256 g/mol. The summed E-state index contributed by atoms with van der Waals surface area (Å²) in [6.45, 7) is 4.31. The van der Waals surface area contributed by atoms with Crippen LogP contribution in [-0.2, 0) is 14.8 Å². The van der Waals surface area contributed by atoms with Crippen molar-refractivity contribution in [3.05, 3.63) is 18.3 Å². The van der Waals surface area contributed by atoms with Crippen LogP contribution >= 0.6 is 0 Å². The SMILES string of the molecule is CC(C)OCCNS(=O)(=O)c1ccnc(NN)c1. The van der Waals surface area contributed by atoms with Gasteiger partial charge in [-0.3, -0.25) is 0 Å². The van der Waals surface area contributed by atoms with Crippen molar-refractivity contribution in [1.29, 1.82) is 0 Å². The van der Waals surface area contributed by atoms with Gasteiger partial charge in [0.1, 0.15) is 5.82 Å². The van der Waals surface area contributed by atoms with Gasteiger partial charge in [-0.2, -0.15) is 0 Å². The molecule has 0 atom stereocenters. The van der Waals surface area contributed by atoms with Crippen LogP contribution in [0.1, 0.15) is 13.8 Å². The number of hydrogen-bond acceptors (Lipinski definition) is 6. The zero-order valence-electron chi connectivity index (χ0n) is 10.4. The zero-order valence-corrected chi connectivity index (χ0v) is 11.2. The average Bonchev–Trinajstić information content (AvgIpc) is 2.34. The van der Waals surface area contributed by atoms with E-state index in [9.17, 15) is 8.42 Å². The molecule has 4 N–H and O–H groups in total. The molecule has 0 bridgehead atoms. The van der Waals surface area contributed by atoms with Crippen molar-refractivity contribution in [3.63, 3.8) is 0 Å². The lowest BCUT2D eigenvalue weighted by molar-refractivity contribution is 0.0834. The van der Waals surface area contributed by atoms with Crippen LogP contribution in [-0.4, -0.2) is 32.7 Å². The van der Waals surface area contributed by atoms with Crippen molar-refractivity contribution >= 4 is 15.8 Å². The minimum Gasteiger partial charge on any atom is -0.377 e. The Morgan fingerprint density at radius 3 is 2.83 bits per heavy atom. The topological polar surface area (TPSA) is 106 Å². The molecule has 18 heavy (non-hydrogen) atoms. The Hall–Kier alpha value is -1.22. The Balaban J connectivity index is 2.62. The second-order valence-corrected chi connectivity index (χ2v) is 5.61. The third-order valence-electron chi connectivity index (χ3n) is 2.03. The molecule has 7 nitrogen and oxygen atoms in total. The third-order valence-corrected chi connectivity index (χ3v) is 3.49. The van der Waals surface area contributed by atoms with Crippen LogP contribution in [0.2, 0.25) is 0 Å². The van der Waals surface area contributed by atoms with Gasteiger partial charge in [0, 0.05) is 18.8 Å². The first-order valence-electron chi connectivity index (χ1n) is 5.49. The predicted molar refractivity (Wildman–Crippen MR) is 68.3 cm³/mol. The van der Waals surface area contributed by atoms with Gasteiger partial charge in [0.2, 0.25) is 10.0 Å². The summed E-state index contributed by atoms with van der Waals surface area (Å²) in [6, 6.07) is 2.75. The molecule has 0 unspecified atom stereocenters. The summed E-state index contributed by atoms with van der Waals surface area (Å²) in [5.74, 6) is 5.46. The first kappa shape index (κ1) is 14.8. The number of aromatic nitrogens is 1. The van der Waals surface area contributed by atoms with Crippen LogP contribution in [0.3, 0.4) is 0 Å². The highest BCUT2D eigenvalue weighted by Crippen LogP contribution is 2.11. The Labute approximate surface area is 107 Å². The van der Waals surface area contributed by atoms with E-state index in [0.717, 1.165) is 0 Å².